The second-order valence-corrected chi connectivity index (χ2v) is 13.9. The fraction of sp³-hybridized carbons (Fsp3) is 0.400. The molecule has 0 N–H and O–H groups in total. The lowest BCUT2D eigenvalue weighted by Crippen LogP contribution is -2.18. The molecule has 2 atom stereocenters. The zero-order chi connectivity index (χ0) is 29.6. The summed E-state index contributed by atoms with van der Waals surface area (Å²) >= 11 is 0. The minimum Gasteiger partial charge on any atom is -0.497 e. The van der Waals surface area contributed by atoms with Gasteiger partial charge < -0.3 is 9.47 Å². The van der Waals surface area contributed by atoms with Crippen LogP contribution >= 0.6 is 0 Å². The number of allylic oxidation sites excluding steroid dienone is 6. The zero-order valence-corrected chi connectivity index (χ0v) is 25.0. The first kappa shape index (κ1) is 30.0. The van der Waals surface area contributed by atoms with Crippen molar-refractivity contribution in [2.45, 2.75) is 69.1 Å². The van der Waals surface area contributed by atoms with Gasteiger partial charge in [0.25, 0.3) is 0 Å². The van der Waals surface area contributed by atoms with Gasteiger partial charge in [0.2, 0.25) is 0 Å². The molecule has 2 aliphatic carbocycles. The molecule has 1 spiro atoms. The number of hydrogen-bond acceptors (Lipinski definition) is 5. The summed E-state index contributed by atoms with van der Waals surface area (Å²) in [5.74, 6) is 1.16. The average molecular weight is 591 g/mol. The van der Waals surface area contributed by atoms with Gasteiger partial charge in [-0.3, -0.25) is 4.79 Å². The van der Waals surface area contributed by atoms with Gasteiger partial charge in [-0.2, -0.15) is 0 Å². The average Bonchev–Trinajstić information content (AvgIpc) is 3.25. The second-order valence-electron chi connectivity index (χ2n) is 11.9. The van der Waals surface area contributed by atoms with Gasteiger partial charge in [-0.1, -0.05) is 35.4 Å². The summed E-state index contributed by atoms with van der Waals surface area (Å²) in [7, 11) is -1.86. The molecule has 0 amide bonds. The predicted molar refractivity (Wildman–Crippen MR) is 162 cm³/mol. The second kappa shape index (κ2) is 13.2. The van der Waals surface area contributed by atoms with Crippen LogP contribution in [0.4, 0.5) is 4.39 Å². The standard InChI is InChI=1S/C35H39FO5S/c1-40-31-11-13-32(14-12-31)42(38,39)25-28-4-2-18-35(19-16-28)20-17-29(24-35)23-33(37)34-15-8-26(5-3-21-41-34)22-27-6-9-30(36)10-7-27/h3-7,9-15,21,29H,2,8,16-20,22-25H2,1H3. The van der Waals surface area contributed by atoms with Gasteiger partial charge in [0.15, 0.2) is 21.4 Å². The van der Waals surface area contributed by atoms with E-state index in [4.69, 9.17) is 9.47 Å². The molecule has 0 radical (unpaired) electrons. The molecule has 1 fully saturated rings. The van der Waals surface area contributed by atoms with Gasteiger partial charge in [0.1, 0.15) is 11.6 Å². The Hall–Kier alpha value is -3.45. The monoisotopic (exact) mass is 590 g/mol. The van der Waals surface area contributed by atoms with Crippen LogP contribution in [0.25, 0.3) is 0 Å². The van der Waals surface area contributed by atoms with E-state index in [1.807, 2.05) is 18.2 Å². The first-order valence-corrected chi connectivity index (χ1v) is 16.4. The number of Topliss-reactive ketones (excluding diaryl/α,β-unsaturated/α-hetero) is 1. The summed E-state index contributed by atoms with van der Waals surface area (Å²) < 4.78 is 50.2. The first-order chi connectivity index (χ1) is 20.2. The Kier molecular flexibility index (Phi) is 9.47. The Morgan fingerprint density at radius 2 is 1.81 bits per heavy atom. The Morgan fingerprint density at radius 1 is 1.02 bits per heavy atom. The normalized spacial score (nSPS) is 22.7. The lowest BCUT2D eigenvalue weighted by Gasteiger charge is -2.28. The quantitative estimate of drug-likeness (QED) is 0.278. The summed E-state index contributed by atoms with van der Waals surface area (Å²) in [6.07, 6.45) is 17.8. The summed E-state index contributed by atoms with van der Waals surface area (Å²) in [4.78, 5) is 13.6. The summed E-state index contributed by atoms with van der Waals surface area (Å²) in [5, 5.41) is 0. The van der Waals surface area contributed by atoms with E-state index in [2.05, 4.69) is 6.08 Å². The van der Waals surface area contributed by atoms with Crippen molar-refractivity contribution in [1.29, 1.82) is 0 Å². The van der Waals surface area contributed by atoms with E-state index in [0.29, 0.717) is 41.6 Å². The van der Waals surface area contributed by atoms with Crippen molar-refractivity contribution >= 4 is 15.6 Å². The van der Waals surface area contributed by atoms with E-state index in [0.717, 1.165) is 61.7 Å². The molecular formula is C35H39FO5S. The number of carbonyl (C=O) groups excluding carboxylic acids is 1. The van der Waals surface area contributed by atoms with Crippen LogP contribution in [0.3, 0.4) is 0 Å². The van der Waals surface area contributed by atoms with E-state index in [9.17, 15) is 17.6 Å². The van der Waals surface area contributed by atoms with Crippen LogP contribution in [0, 0.1) is 17.2 Å². The topological polar surface area (TPSA) is 69.7 Å². The fourth-order valence-electron chi connectivity index (χ4n) is 6.60. The number of ketones is 1. The maximum absolute atomic E-state index is 13.3. The zero-order valence-electron chi connectivity index (χ0n) is 24.2. The van der Waals surface area contributed by atoms with Crippen LogP contribution < -0.4 is 4.74 Å². The molecule has 0 bridgehead atoms. The summed E-state index contributed by atoms with van der Waals surface area (Å²) in [5.41, 5.74) is 3.30. The van der Waals surface area contributed by atoms with Crippen LogP contribution in [-0.2, 0) is 25.8 Å². The molecule has 7 heteroatoms. The van der Waals surface area contributed by atoms with Crippen molar-refractivity contribution in [2.24, 2.45) is 11.3 Å². The number of ether oxygens (including phenoxy) is 2. The van der Waals surface area contributed by atoms with Gasteiger partial charge in [-0.25, -0.2) is 12.8 Å². The first-order valence-electron chi connectivity index (χ1n) is 14.8. The van der Waals surface area contributed by atoms with Crippen LogP contribution in [0.5, 0.6) is 5.75 Å². The molecule has 2 aromatic rings. The Bertz CT molecular complexity index is 1500. The lowest BCUT2D eigenvalue weighted by molar-refractivity contribution is -0.119. The highest BCUT2D eigenvalue weighted by Gasteiger charge is 2.40. The highest BCUT2D eigenvalue weighted by molar-refractivity contribution is 7.91. The molecule has 2 aromatic carbocycles. The van der Waals surface area contributed by atoms with Crippen molar-refractivity contribution in [1.82, 2.24) is 0 Å². The smallest absolute Gasteiger partial charge is 0.197 e. The maximum Gasteiger partial charge on any atom is 0.197 e. The molecule has 0 aromatic heterocycles. The SMILES string of the molecule is COc1ccc(S(=O)(=O)CC2=CCCC3(CC2)CCC(CC(=O)C2=CCC(Cc4ccc(F)cc4)=CC=CO2)C3)cc1. The van der Waals surface area contributed by atoms with Crippen molar-refractivity contribution in [3.05, 3.63) is 107 Å². The number of hydrogen-bond donors (Lipinski definition) is 0. The minimum absolute atomic E-state index is 0.0303. The molecule has 1 saturated carbocycles. The molecule has 5 nitrogen and oxygen atoms in total. The number of carbonyl (C=O) groups is 1. The fourth-order valence-corrected chi connectivity index (χ4v) is 8.07. The minimum atomic E-state index is -3.42. The molecule has 5 rings (SSSR count). The molecular weight excluding hydrogens is 551 g/mol. The van der Waals surface area contributed by atoms with Crippen molar-refractivity contribution in [3.63, 3.8) is 0 Å². The maximum atomic E-state index is 13.3. The largest absolute Gasteiger partial charge is 0.497 e. The molecule has 3 aliphatic rings. The molecule has 42 heavy (non-hydrogen) atoms. The number of benzene rings is 2. The third kappa shape index (κ3) is 7.68. The van der Waals surface area contributed by atoms with Crippen molar-refractivity contribution < 1.29 is 27.1 Å². The predicted octanol–water partition coefficient (Wildman–Crippen LogP) is 7.84. The Labute approximate surface area is 248 Å². The van der Waals surface area contributed by atoms with E-state index in [1.54, 1.807) is 49.8 Å². The van der Waals surface area contributed by atoms with Crippen LogP contribution in [0.15, 0.2) is 101 Å². The van der Waals surface area contributed by atoms with E-state index in [1.165, 1.54) is 12.1 Å². The van der Waals surface area contributed by atoms with Gasteiger partial charge in [0, 0.05) is 6.42 Å². The lowest BCUT2D eigenvalue weighted by atomic mass is 9.77. The number of sulfone groups is 1. The summed E-state index contributed by atoms with van der Waals surface area (Å²) in [6, 6.07) is 13.1. The number of methoxy groups -OCH3 is 1. The van der Waals surface area contributed by atoms with Gasteiger partial charge in [-0.05, 0) is 123 Å². The van der Waals surface area contributed by atoms with Crippen LogP contribution in [0.2, 0.25) is 0 Å². The van der Waals surface area contributed by atoms with Crippen molar-refractivity contribution in [2.75, 3.05) is 12.9 Å². The van der Waals surface area contributed by atoms with Crippen LogP contribution in [0.1, 0.15) is 63.4 Å². The number of halogens is 1. The summed E-state index contributed by atoms with van der Waals surface area (Å²) in [6.45, 7) is 0. The Balaban J connectivity index is 1.13. The van der Waals surface area contributed by atoms with E-state index < -0.39 is 9.84 Å². The third-order valence-corrected chi connectivity index (χ3v) is 10.7. The third-order valence-electron chi connectivity index (χ3n) is 8.93. The molecule has 1 heterocycles. The highest BCUT2D eigenvalue weighted by atomic mass is 32.2. The molecule has 1 aliphatic heterocycles. The van der Waals surface area contributed by atoms with Crippen LogP contribution in [-0.4, -0.2) is 27.1 Å². The number of rotatable bonds is 9. The van der Waals surface area contributed by atoms with Gasteiger partial charge in [-0.15, -0.1) is 0 Å². The highest BCUT2D eigenvalue weighted by Crippen LogP contribution is 2.51. The van der Waals surface area contributed by atoms with Gasteiger partial charge in [0.05, 0.1) is 24.0 Å². The molecule has 222 valence electrons. The van der Waals surface area contributed by atoms with Gasteiger partial charge >= 0.3 is 0 Å². The van der Waals surface area contributed by atoms with E-state index >= 15 is 0 Å². The van der Waals surface area contributed by atoms with E-state index in [-0.39, 0.29) is 22.8 Å². The Morgan fingerprint density at radius 3 is 2.57 bits per heavy atom. The molecule has 0 saturated heterocycles. The van der Waals surface area contributed by atoms with Crippen molar-refractivity contribution in [3.8, 4) is 5.75 Å². The molecule has 2 unspecified atom stereocenters.